The number of halogens is 1. The Bertz CT molecular complexity index is 718. The van der Waals surface area contributed by atoms with Crippen LogP contribution in [0.4, 0.5) is 11.9 Å². The first kappa shape index (κ1) is 19.1. The molecule has 1 unspecified atom stereocenters. The number of carbonyl (C=O) groups excluding carboxylic acids is 1. The highest BCUT2D eigenvalue weighted by Gasteiger charge is 2.16. The van der Waals surface area contributed by atoms with Gasteiger partial charge in [-0.3, -0.25) is 10.1 Å². The predicted octanol–water partition coefficient (Wildman–Crippen LogP) is 1.76. The van der Waals surface area contributed by atoms with Gasteiger partial charge in [-0.05, 0) is 49.5 Å². The summed E-state index contributed by atoms with van der Waals surface area (Å²) in [7, 11) is 3.67. The summed E-state index contributed by atoms with van der Waals surface area (Å²) in [5.41, 5.74) is 1.80. The minimum atomic E-state index is -0.211. The maximum absolute atomic E-state index is 12.4. The van der Waals surface area contributed by atoms with E-state index in [0.29, 0.717) is 17.4 Å². The summed E-state index contributed by atoms with van der Waals surface area (Å²) in [6, 6.07) is 7.74. The predicted molar refractivity (Wildman–Crippen MR) is 100 cm³/mol. The van der Waals surface area contributed by atoms with Crippen molar-refractivity contribution in [3.63, 3.8) is 0 Å². The zero-order valence-electron chi connectivity index (χ0n) is 14.4. The molecule has 1 fully saturated rings. The zero-order chi connectivity index (χ0) is 16.9. The average Bonchev–Trinajstić information content (AvgIpc) is 3.08. The van der Waals surface area contributed by atoms with Crippen LogP contribution in [-0.2, 0) is 6.42 Å². The molecule has 0 saturated carbocycles. The van der Waals surface area contributed by atoms with Gasteiger partial charge in [0.1, 0.15) is 6.33 Å². The molecule has 0 radical (unpaired) electrons. The third-order valence-corrected chi connectivity index (χ3v) is 4.06. The van der Waals surface area contributed by atoms with Crippen LogP contribution in [0, 0.1) is 5.92 Å². The van der Waals surface area contributed by atoms with Gasteiger partial charge < -0.3 is 10.2 Å². The van der Waals surface area contributed by atoms with E-state index in [-0.39, 0.29) is 24.3 Å². The molecule has 1 aliphatic rings. The van der Waals surface area contributed by atoms with Crippen LogP contribution in [0.5, 0.6) is 0 Å². The summed E-state index contributed by atoms with van der Waals surface area (Å²) < 4.78 is 0. The number of anilines is 2. The third kappa shape index (κ3) is 5.11. The summed E-state index contributed by atoms with van der Waals surface area (Å²) in [5, 5.41) is 6.11. The van der Waals surface area contributed by atoms with E-state index in [0.717, 1.165) is 19.5 Å². The van der Waals surface area contributed by atoms with Crippen molar-refractivity contribution in [1.29, 1.82) is 0 Å². The number of hydrogen-bond donors (Lipinski definition) is 2. The van der Waals surface area contributed by atoms with Gasteiger partial charge in [-0.1, -0.05) is 12.1 Å². The number of nitrogens with zero attached hydrogens (tertiary/aromatic N) is 4. The molecular formula is C17H23ClN6O. The molecule has 3 rings (SSSR count). The topological polar surface area (TPSA) is 83.0 Å². The Kier molecular flexibility index (Phi) is 6.66. The van der Waals surface area contributed by atoms with Crippen LogP contribution in [0.25, 0.3) is 0 Å². The second kappa shape index (κ2) is 8.73. The third-order valence-electron chi connectivity index (χ3n) is 4.06. The minimum absolute atomic E-state index is 0. The van der Waals surface area contributed by atoms with Crippen molar-refractivity contribution in [3.05, 3.63) is 41.7 Å². The molecule has 2 aromatic rings. The summed E-state index contributed by atoms with van der Waals surface area (Å²) in [4.78, 5) is 26.5. The van der Waals surface area contributed by atoms with Crippen LogP contribution >= 0.6 is 12.4 Å². The quantitative estimate of drug-likeness (QED) is 0.843. The lowest BCUT2D eigenvalue weighted by molar-refractivity contribution is 0.102. The Morgan fingerprint density at radius 3 is 2.92 bits per heavy atom. The van der Waals surface area contributed by atoms with Gasteiger partial charge in [-0.15, -0.1) is 12.4 Å². The fraction of sp³-hybridized carbons (Fsp3) is 0.412. The molecule has 0 bridgehead atoms. The first-order valence-corrected chi connectivity index (χ1v) is 8.09. The van der Waals surface area contributed by atoms with Gasteiger partial charge in [0.05, 0.1) is 0 Å². The lowest BCUT2D eigenvalue weighted by Crippen LogP contribution is -2.18. The van der Waals surface area contributed by atoms with E-state index in [9.17, 15) is 4.79 Å². The lowest BCUT2D eigenvalue weighted by atomic mass is 9.97. The molecule has 0 aliphatic carbocycles. The number of benzene rings is 1. The first-order chi connectivity index (χ1) is 11.6. The maximum Gasteiger partial charge on any atom is 0.258 e. The highest BCUT2D eigenvalue weighted by molar-refractivity contribution is 6.03. The molecule has 2 heterocycles. The number of carbonyl (C=O) groups is 1. The van der Waals surface area contributed by atoms with Crippen molar-refractivity contribution in [1.82, 2.24) is 20.3 Å². The minimum Gasteiger partial charge on any atom is -0.347 e. The van der Waals surface area contributed by atoms with Crippen molar-refractivity contribution in [3.8, 4) is 0 Å². The summed E-state index contributed by atoms with van der Waals surface area (Å²) in [6.07, 6.45) is 3.57. The van der Waals surface area contributed by atoms with Crippen LogP contribution in [0.1, 0.15) is 22.3 Å². The zero-order valence-corrected chi connectivity index (χ0v) is 15.2. The summed E-state index contributed by atoms with van der Waals surface area (Å²) >= 11 is 0. The standard InChI is InChI=1S/C17H22N6O.ClH/c1-23(2)17-20-11-19-16(22-17)21-15(24)14-5-3-4-12(9-14)8-13-6-7-18-10-13;/h3-5,9,11,13,18H,6-8,10H2,1-2H3,(H,19,20,21,22,24);1H. The van der Waals surface area contributed by atoms with Crippen molar-refractivity contribution in [2.45, 2.75) is 12.8 Å². The summed E-state index contributed by atoms with van der Waals surface area (Å²) in [6.45, 7) is 2.13. The fourth-order valence-corrected chi connectivity index (χ4v) is 2.80. The van der Waals surface area contributed by atoms with E-state index in [2.05, 4.69) is 31.7 Å². The Morgan fingerprint density at radius 1 is 1.36 bits per heavy atom. The van der Waals surface area contributed by atoms with E-state index in [1.165, 1.54) is 18.3 Å². The van der Waals surface area contributed by atoms with Crippen molar-refractivity contribution >= 4 is 30.2 Å². The second-order valence-electron chi connectivity index (χ2n) is 6.22. The number of rotatable bonds is 5. The van der Waals surface area contributed by atoms with Gasteiger partial charge in [0.2, 0.25) is 11.9 Å². The Hall–Kier alpha value is -2.25. The number of aromatic nitrogens is 3. The molecular weight excluding hydrogens is 340 g/mol. The highest BCUT2D eigenvalue weighted by Crippen LogP contribution is 2.17. The monoisotopic (exact) mass is 362 g/mol. The van der Waals surface area contributed by atoms with Crippen LogP contribution in [-0.4, -0.2) is 48.0 Å². The molecule has 1 amide bonds. The number of amides is 1. The smallest absolute Gasteiger partial charge is 0.258 e. The van der Waals surface area contributed by atoms with Crippen LogP contribution in [0.3, 0.4) is 0 Å². The Balaban J connectivity index is 0.00000225. The molecule has 134 valence electrons. The molecule has 1 aromatic carbocycles. The molecule has 25 heavy (non-hydrogen) atoms. The van der Waals surface area contributed by atoms with Crippen LogP contribution in [0.15, 0.2) is 30.6 Å². The van der Waals surface area contributed by atoms with E-state index in [4.69, 9.17) is 0 Å². The molecule has 1 aliphatic heterocycles. The van der Waals surface area contributed by atoms with Crippen molar-refractivity contribution < 1.29 is 4.79 Å². The van der Waals surface area contributed by atoms with Crippen LogP contribution in [0.2, 0.25) is 0 Å². The van der Waals surface area contributed by atoms with Gasteiger partial charge in [0.25, 0.3) is 5.91 Å². The Labute approximate surface area is 153 Å². The maximum atomic E-state index is 12.4. The van der Waals surface area contributed by atoms with E-state index >= 15 is 0 Å². The Morgan fingerprint density at radius 2 is 2.20 bits per heavy atom. The van der Waals surface area contributed by atoms with Gasteiger partial charge >= 0.3 is 0 Å². The molecule has 1 atom stereocenters. The normalized spacial score (nSPS) is 16.2. The number of hydrogen-bond acceptors (Lipinski definition) is 6. The largest absolute Gasteiger partial charge is 0.347 e. The summed E-state index contributed by atoms with van der Waals surface area (Å²) in [5.74, 6) is 1.19. The first-order valence-electron chi connectivity index (χ1n) is 8.09. The molecule has 0 spiro atoms. The molecule has 7 nitrogen and oxygen atoms in total. The molecule has 2 N–H and O–H groups in total. The van der Waals surface area contributed by atoms with Crippen molar-refractivity contribution in [2.75, 3.05) is 37.4 Å². The second-order valence-corrected chi connectivity index (χ2v) is 6.22. The molecule has 8 heteroatoms. The molecule has 1 aromatic heterocycles. The van der Waals surface area contributed by atoms with Crippen molar-refractivity contribution in [2.24, 2.45) is 5.92 Å². The van der Waals surface area contributed by atoms with Gasteiger partial charge in [-0.25, -0.2) is 9.97 Å². The highest BCUT2D eigenvalue weighted by atomic mass is 35.5. The lowest BCUT2D eigenvalue weighted by Gasteiger charge is -2.11. The van der Waals surface area contributed by atoms with Crippen LogP contribution < -0.4 is 15.5 Å². The van der Waals surface area contributed by atoms with Gasteiger partial charge in [0, 0.05) is 19.7 Å². The number of nitrogens with one attached hydrogen (secondary N) is 2. The average molecular weight is 363 g/mol. The van der Waals surface area contributed by atoms with Gasteiger partial charge in [0.15, 0.2) is 0 Å². The fourth-order valence-electron chi connectivity index (χ4n) is 2.80. The van der Waals surface area contributed by atoms with E-state index in [1.54, 1.807) is 11.0 Å². The van der Waals surface area contributed by atoms with E-state index < -0.39 is 0 Å². The molecule has 1 saturated heterocycles. The van der Waals surface area contributed by atoms with E-state index in [1.807, 2.05) is 26.2 Å². The SMILES string of the molecule is CN(C)c1ncnc(NC(=O)c2cccc(CC3CCNC3)c2)n1.Cl. The van der Waals surface area contributed by atoms with Gasteiger partial charge in [-0.2, -0.15) is 4.98 Å².